The molecule has 0 aliphatic rings. The summed E-state index contributed by atoms with van der Waals surface area (Å²) in [6.07, 6.45) is 0. The first kappa shape index (κ1) is 13.1. The third-order valence-corrected chi connectivity index (χ3v) is 3.74. The van der Waals surface area contributed by atoms with Gasteiger partial charge in [0.1, 0.15) is 10.4 Å². The Bertz CT molecular complexity index is 845. The van der Waals surface area contributed by atoms with Crippen molar-refractivity contribution >= 4 is 34.6 Å². The van der Waals surface area contributed by atoms with Crippen LogP contribution in [0.2, 0.25) is 5.02 Å². The van der Waals surface area contributed by atoms with Gasteiger partial charge in [-0.05, 0) is 12.1 Å². The summed E-state index contributed by atoms with van der Waals surface area (Å²) < 4.78 is 5.88. The van der Waals surface area contributed by atoms with Crippen molar-refractivity contribution in [2.75, 3.05) is 7.11 Å². The lowest BCUT2D eigenvalue weighted by atomic mass is 10.1. The number of rotatable bonds is 2. The largest absolute Gasteiger partial charge is 0.495 e. The van der Waals surface area contributed by atoms with E-state index in [1.165, 1.54) is 0 Å². The second-order valence-corrected chi connectivity index (χ2v) is 5.11. The second-order valence-electron chi connectivity index (χ2n) is 4.30. The van der Waals surface area contributed by atoms with E-state index >= 15 is 0 Å². The molecule has 0 saturated carbocycles. The number of H-pyrrole nitrogens is 1. The molecule has 3 nitrogen and oxygen atoms in total. The van der Waals surface area contributed by atoms with Crippen LogP contribution in [-0.4, -0.2) is 17.3 Å². The van der Waals surface area contributed by atoms with Gasteiger partial charge in [0.15, 0.2) is 0 Å². The Balaban J connectivity index is 2.30. The number of ether oxygens (including phenoxy) is 1. The maximum absolute atomic E-state index is 6.06. The third-order valence-electron chi connectivity index (χ3n) is 3.12. The van der Waals surface area contributed by atoms with Gasteiger partial charge in [-0.2, -0.15) is 5.10 Å². The first-order valence-corrected chi connectivity index (χ1v) is 6.80. The van der Waals surface area contributed by atoms with Crippen molar-refractivity contribution in [2.24, 2.45) is 0 Å². The van der Waals surface area contributed by atoms with E-state index in [1.807, 2.05) is 36.4 Å². The zero-order valence-corrected chi connectivity index (χ0v) is 12.3. The first-order chi connectivity index (χ1) is 9.70. The molecule has 0 spiro atoms. The Morgan fingerprint density at radius 2 is 1.90 bits per heavy atom. The van der Waals surface area contributed by atoms with Gasteiger partial charge in [-0.1, -0.05) is 54.2 Å². The molecule has 1 aromatic heterocycles. The van der Waals surface area contributed by atoms with Crippen molar-refractivity contribution < 1.29 is 4.74 Å². The van der Waals surface area contributed by atoms with E-state index in [0.29, 0.717) is 15.4 Å². The van der Waals surface area contributed by atoms with Gasteiger partial charge in [0.25, 0.3) is 0 Å². The number of halogens is 1. The van der Waals surface area contributed by atoms with Crippen LogP contribution in [0, 0.1) is 4.64 Å². The Hall–Kier alpha value is -1.91. The van der Waals surface area contributed by atoms with Gasteiger partial charge in [0.2, 0.25) is 0 Å². The van der Waals surface area contributed by atoms with E-state index in [1.54, 1.807) is 13.2 Å². The molecule has 2 aromatic carbocycles. The summed E-state index contributed by atoms with van der Waals surface area (Å²) in [5.74, 6) is 0.623. The Labute approximate surface area is 126 Å². The van der Waals surface area contributed by atoms with Gasteiger partial charge in [0, 0.05) is 16.3 Å². The summed E-state index contributed by atoms with van der Waals surface area (Å²) in [7, 11) is 1.59. The molecule has 3 aromatic rings. The standard InChI is InChI=1S/C15H11ClN2OS/c1-19-13-8-9(6-7-12(13)16)14-10-4-2-3-5-11(10)15(20)18-17-14/h2-8H,1H3,(H,18,20). The SMILES string of the molecule is COc1cc(-c2n[nH]c(=S)c3ccccc23)ccc1Cl. The van der Waals surface area contributed by atoms with Crippen molar-refractivity contribution in [2.45, 2.75) is 0 Å². The van der Waals surface area contributed by atoms with E-state index < -0.39 is 0 Å². The number of hydrogen-bond acceptors (Lipinski definition) is 3. The number of nitrogens with one attached hydrogen (secondary N) is 1. The number of methoxy groups -OCH3 is 1. The summed E-state index contributed by atoms with van der Waals surface area (Å²) in [6.45, 7) is 0. The minimum atomic E-state index is 0.574. The molecule has 0 aliphatic carbocycles. The molecule has 0 fully saturated rings. The van der Waals surface area contributed by atoms with Crippen LogP contribution in [0.5, 0.6) is 5.75 Å². The average molecular weight is 303 g/mol. The fourth-order valence-electron chi connectivity index (χ4n) is 2.14. The fraction of sp³-hybridized carbons (Fsp3) is 0.0667. The molecule has 1 heterocycles. The molecular weight excluding hydrogens is 292 g/mol. The van der Waals surface area contributed by atoms with Gasteiger partial charge in [-0.3, -0.25) is 5.10 Å². The maximum atomic E-state index is 6.06. The number of nitrogens with zero attached hydrogens (tertiary/aromatic N) is 1. The summed E-state index contributed by atoms with van der Waals surface area (Å²) in [4.78, 5) is 0. The summed E-state index contributed by atoms with van der Waals surface area (Å²) >= 11 is 11.3. The van der Waals surface area contributed by atoms with Gasteiger partial charge >= 0.3 is 0 Å². The Morgan fingerprint density at radius 1 is 1.15 bits per heavy atom. The van der Waals surface area contributed by atoms with Crippen LogP contribution < -0.4 is 4.74 Å². The minimum Gasteiger partial charge on any atom is -0.495 e. The fourth-order valence-corrected chi connectivity index (χ4v) is 2.56. The highest BCUT2D eigenvalue weighted by molar-refractivity contribution is 7.71. The van der Waals surface area contributed by atoms with Crippen molar-refractivity contribution in [3.63, 3.8) is 0 Å². The zero-order valence-electron chi connectivity index (χ0n) is 10.7. The number of aromatic amines is 1. The highest BCUT2D eigenvalue weighted by atomic mass is 35.5. The van der Waals surface area contributed by atoms with E-state index in [9.17, 15) is 0 Å². The maximum Gasteiger partial charge on any atom is 0.138 e. The van der Waals surface area contributed by atoms with E-state index in [4.69, 9.17) is 28.6 Å². The molecule has 100 valence electrons. The van der Waals surface area contributed by atoms with Crippen LogP contribution in [-0.2, 0) is 0 Å². The molecule has 5 heteroatoms. The van der Waals surface area contributed by atoms with Crippen LogP contribution in [0.1, 0.15) is 0 Å². The van der Waals surface area contributed by atoms with Crippen molar-refractivity contribution in [1.82, 2.24) is 10.2 Å². The van der Waals surface area contributed by atoms with Gasteiger partial charge in [0.05, 0.1) is 17.8 Å². The molecule has 0 bridgehead atoms. The molecule has 0 aliphatic heterocycles. The Morgan fingerprint density at radius 3 is 2.65 bits per heavy atom. The molecular formula is C15H11ClN2OS. The van der Waals surface area contributed by atoms with Crippen LogP contribution in [0.4, 0.5) is 0 Å². The molecule has 0 atom stereocenters. The lowest BCUT2D eigenvalue weighted by Gasteiger charge is -2.08. The van der Waals surface area contributed by atoms with Crippen molar-refractivity contribution in [3.05, 3.63) is 52.1 Å². The molecule has 20 heavy (non-hydrogen) atoms. The molecule has 0 radical (unpaired) electrons. The topological polar surface area (TPSA) is 37.9 Å². The van der Waals surface area contributed by atoms with Crippen molar-refractivity contribution in [3.8, 4) is 17.0 Å². The normalized spacial score (nSPS) is 10.7. The quantitative estimate of drug-likeness (QED) is 0.702. The predicted molar refractivity (Wildman–Crippen MR) is 83.9 cm³/mol. The van der Waals surface area contributed by atoms with Gasteiger partial charge in [-0.25, -0.2) is 0 Å². The van der Waals surface area contributed by atoms with Crippen LogP contribution in [0.3, 0.4) is 0 Å². The molecule has 0 saturated heterocycles. The summed E-state index contributed by atoms with van der Waals surface area (Å²) in [6, 6.07) is 13.5. The highest BCUT2D eigenvalue weighted by Gasteiger charge is 2.09. The monoisotopic (exact) mass is 302 g/mol. The van der Waals surface area contributed by atoms with Crippen LogP contribution >= 0.6 is 23.8 Å². The lowest BCUT2D eigenvalue weighted by molar-refractivity contribution is 0.415. The molecule has 0 amide bonds. The highest BCUT2D eigenvalue weighted by Crippen LogP contribution is 2.32. The second kappa shape index (κ2) is 5.23. The smallest absolute Gasteiger partial charge is 0.138 e. The lowest BCUT2D eigenvalue weighted by Crippen LogP contribution is -1.92. The third kappa shape index (κ3) is 2.17. The molecule has 0 unspecified atom stereocenters. The summed E-state index contributed by atoms with van der Waals surface area (Å²) in [5.41, 5.74) is 1.75. The van der Waals surface area contributed by atoms with E-state index in [0.717, 1.165) is 22.0 Å². The zero-order chi connectivity index (χ0) is 14.1. The van der Waals surface area contributed by atoms with E-state index in [-0.39, 0.29) is 0 Å². The summed E-state index contributed by atoms with van der Waals surface area (Å²) in [5, 5.41) is 9.79. The number of hydrogen-bond donors (Lipinski definition) is 1. The first-order valence-electron chi connectivity index (χ1n) is 6.02. The number of fused-ring (bicyclic) bond motifs is 1. The van der Waals surface area contributed by atoms with Gasteiger partial charge < -0.3 is 4.74 Å². The minimum absolute atomic E-state index is 0.574. The van der Waals surface area contributed by atoms with Crippen LogP contribution in [0.15, 0.2) is 42.5 Å². The average Bonchev–Trinajstić information content (AvgIpc) is 2.49. The predicted octanol–water partition coefficient (Wildman–Crippen LogP) is 4.62. The molecule has 3 rings (SSSR count). The number of benzene rings is 2. The van der Waals surface area contributed by atoms with Crippen molar-refractivity contribution in [1.29, 1.82) is 0 Å². The molecule has 1 N–H and O–H groups in total. The van der Waals surface area contributed by atoms with Crippen LogP contribution in [0.25, 0.3) is 22.0 Å². The number of aromatic nitrogens is 2. The Kier molecular flexibility index (Phi) is 3.42. The van der Waals surface area contributed by atoms with Gasteiger partial charge in [-0.15, -0.1) is 0 Å². The van der Waals surface area contributed by atoms with E-state index in [2.05, 4.69) is 10.2 Å².